The Morgan fingerprint density at radius 2 is 1.93 bits per heavy atom. The summed E-state index contributed by atoms with van der Waals surface area (Å²) in [7, 11) is 0. The Kier molecular flexibility index (Phi) is 5.81. The van der Waals surface area contributed by atoms with Gasteiger partial charge in [0.2, 0.25) is 5.91 Å². The minimum Gasteiger partial charge on any atom is -0.550 e. The van der Waals surface area contributed by atoms with Crippen molar-refractivity contribution in [2.24, 2.45) is 5.41 Å². The van der Waals surface area contributed by atoms with Gasteiger partial charge in [-0.3, -0.25) is 14.5 Å². The number of carboxylic acid groups (broad SMARTS) is 1. The topological polar surface area (TPSA) is 101 Å². The number of nitrogens with zero attached hydrogens (tertiary/aromatic N) is 3. The lowest BCUT2D eigenvalue weighted by Crippen LogP contribution is -2.55. The molecular weight excluding hydrogens is 406 g/mol. The Balaban J connectivity index is 1.38. The zero-order valence-corrected chi connectivity index (χ0v) is 17.7. The molecule has 3 aliphatic rings. The molecule has 0 unspecified atom stereocenters. The number of imide groups is 1. The van der Waals surface area contributed by atoms with Crippen LogP contribution in [0, 0.1) is 5.41 Å². The molecule has 1 aromatic rings. The first-order valence-electron chi connectivity index (χ1n) is 10.5. The monoisotopic (exact) mass is 432 g/mol. The summed E-state index contributed by atoms with van der Waals surface area (Å²) in [6.07, 6.45) is 3.96. The minimum absolute atomic E-state index is 0.101. The molecule has 1 aromatic heterocycles. The second kappa shape index (κ2) is 8.37. The average Bonchev–Trinajstić information content (AvgIpc) is 3.43. The lowest BCUT2D eigenvalue weighted by atomic mass is 9.79. The van der Waals surface area contributed by atoms with Crippen molar-refractivity contribution < 1.29 is 24.3 Å². The molecular formula is C21H26N3O5S-. The predicted octanol–water partition coefficient (Wildman–Crippen LogP) is 0.856. The van der Waals surface area contributed by atoms with E-state index >= 15 is 0 Å². The van der Waals surface area contributed by atoms with Crippen LogP contribution in [-0.4, -0.2) is 70.7 Å². The van der Waals surface area contributed by atoms with E-state index in [-0.39, 0.29) is 37.2 Å². The third-order valence-electron chi connectivity index (χ3n) is 6.63. The molecule has 9 heteroatoms. The summed E-state index contributed by atoms with van der Waals surface area (Å²) in [5.41, 5.74) is -0.532. The van der Waals surface area contributed by atoms with Crippen LogP contribution in [0.2, 0.25) is 0 Å². The fourth-order valence-corrected chi connectivity index (χ4v) is 5.74. The van der Waals surface area contributed by atoms with E-state index in [9.17, 15) is 24.3 Å². The fraction of sp³-hybridized carbons (Fsp3) is 0.619. The zero-order valence-electron chi connectivity index (χ0n) is 16.9. The van der Waals surface area contributed by atoms with Gasteiger partial charge in [0, 0.05) is 36.9 Å². The Morgan fingerprint density at radius 1 is 1.17 bits per heavy atom. The van der Waals surface area contributed by atoms with E-state index in [0.29, 0.717) is 38.9 Å². The highest BCUT2D eigenvalue weighted by molar-refractivity contribution is 7.09. The molecule has 8 nitrogen and oxygen atoms in total. The van der Waals surface area contributed by atoms with Gasteiger partial charge in [-0.1, -0.05) is 18.9 Å². The number of thiophene rings is 1. The second-order valence-corrected chi connectivity index (χ2v) is 9.62. The van der Waals surface area contributed by atoms with Crippen molar-refractivity contribution in [3.05, 3.63) is 22.4 Å². The number of carbonyl (C=O) groups excluding carboxylic acids is 4. The van der Waals surface area contributed by atoms with Crippen molar-refractivity contribution in [2.75, 3.05) is 26.2 Å². The molecule has 3 fully saturated rings. The van der Waals surface area contributed by atoms with Gasteiger partial charge in [0.05, 0.1) is 6.54 Å². The molecule has 162 valence electrons. The molecule has 0 N–H and O–H groups in total. The molecule has 0 aromatic carbocycles. The summed E-state index contributed by atoms with van der Waals surface area (Å²) in [4.78, 5) is 55.3. The normalized spacial score (nSPS) is 23.2. The maximum absolute atomic E-state index is 13.0. The molecule has 0 bridgehead atoms. The highest BCUT2D eigenvalue weighted by Gasteiger charge is 2.48. The lowest BCUT2D eigenvalue weighted by molar-refractivity contribution is -0.308. The van der Waals surface area contributed by atoms with Crippen molar-refractivity contribution in [2.45, 2.75) is 51.0 Å². The highest BCUT2D eigenvalue weighted by atomic mass is 32.1. The van der Waals surface area contributed by atoms with Crippen LogP contribution in [0.4, 0.5) is 4.79 Å². The van der Waals surface area contributed by atoms with Crippen molar-refractivity contribution in [1.82, 2.24) is 14.7 Å². The van der Waals surface area contributed by atoms with E-state index in [1.807, 2.05) is 17.5 Å². The van der Waals surface area contributed by atoms with Gasteiger partial charge in [-0.05, 0) is 42.5 Å². The number of carboxylic acids is 1. The Morgan fingerprint density at radius 3 is 2.60 bits per heavy atom. The standard InChI is InChI=1S/C21H27N3O5S/c25-17(12-21(13-18(26)27)6-1-2-7-21)22-9-10-23-16(14-22)19(28)24(20(23)29)8-5-15-4-3-11-30-15/h3-4,11,16H,1-2,5-10,12-14H2,(H,26,27)/p-1/t16-/m1/s1. The predicted molar refractivity (Wildman–Crippen MR) is 107 cm³/mol. The number of amides is 4. The van der Waals surface area contributed by atoms with Crippen molar-refractivity contribution in [3.63, 3.8) is 0 Å². The van der Waals surface area contributed by atoms with Crippen LogP contribution < -0.4 is 5.11 Å². The van der Waals surface area contributed by atoms with E-state index in [0.717, 1.165) is 17.7 Å². The van der Waals surface area contributed by atoms with Gasteiger partial charge in [0.15, 0.2) is 0 Å². The third kappa shape index (κ3) is 4.08. The van der Waals surface area contributed by atoms with E-state index in [1.165, 1.54) is 4.90 Å². The average molecular weight is 433 g/mol. The Labute approximate surface area is 179 Å². The quantitative estimate of drug-likeness (QED) is 0.595. The summed E-state index contributed by atoms with van der Waals surface area (Å²) < 4.78 is 0. The highest BCUT2D eigenvalue weighted by Crippen LogP contribution is 2.44. The zero-order chi connectivity index (χ0) is 21.3. The van der Waals surface area contributed by atoms with Crippen molar-refractivity contribution in [1.29, 1.82) is 0 Å². The largest absolute Gasteiger partial charge is 0.550 e. The van der Waals surface area contributed by atoms with Gasteiger partial charge in [0.25, 0.3) is 5.91 Å². The number of hydrogen-bond donors (Lipinski definition) is 0. The lowest BCUT2D eigenvalue weighted by Gasteiger charge is -2.38. The summed E-state index contributed by atoms with van der Waals surface area (Å²) in [5, 5.41) is 13.2. The number of carbonyl (C=O) groups is 4. The maximum atomic E-state index is 13.0. The fourth-order valence-electron chi connectivity index (χ4n) is 5.04. The van der Waals surface area contributed by atoms with Gasteiger partial charge in [-0.15, -0.1) is 11.3 Å². The molecule has 0 spiro atoms. The Hall–Kier alpha value is -2.42. The van der Waals surface area contributed by atoms with Crippen LogP contribution in [0.25, 0.3) is 0 Å². The number of fused-ring (bicyclic) bond motifs is 1. The number of hydrogen-bond acceptors (Lipinski definition) is 6. The number of piperazine rings is 1. The van der Waals surface area contributed by atoms with E-state index < -0.39 is 17.4 Å². The van der Waals surface area contributed by atoms with Crippen molar-refractivity contribution >= 4 is 35.2 Å². The van der Waals surface area contributed by atoms with Gasteiger partial charge >= 0.3 is 6.03 Å². The SMILES string of the molecule is O=C([O-])CC1(CC(=O)N2CCN3C(=O)N(CCc4cccs4)C(=O)[C@H]3C2)CCCC1. The van der Waals surface area contributed by atoms with E-state index in [4.69, 9.17) is 0 Å². The van der Waals surface area contributed by atoms with Crippen molar-refractivity contribution in [3.8, 4) is 0 Å². The molecule has 3 heterocycles. The molecule has 1 atom stereocenters. The van der Waals surface area contributed by atoms with Crippen LogP contribution in [0.1, 0.15) is 43.4 Å². The van der Waals surface area contributed by atoms with Gasteiger partial charge in [-0.25, -0.2) is 4.79 Å². The van der Waals surface area contributed by atoms with Crippen LogP contribution in [0.15, 0.2) is 17.5 Å². The molecule has 4 rings (SSSR count). The summed E-state index contributed by atoms with van der Waals surface area (Å²) >= 11 is 1.60. The van der Waals surface area contributed by atoms with Gasteiger partial charge in [-0.2, -0.15) is 0 Å². The molecule has 30 heavy (non-hydrogen) atoms. The first-order valence-corrected chi connectivity index (χ1v) is 11.4. The van der Waals surface area contributed by atoms with Crippen LogP contribution in [0.3, 0.4) is 0 Å². The van der Waals surface area contributed by atoms with Gasteiger partial charge in [0.1, 0.15) is 6.04 Å². The molecule has 4 amide bonds. The second-order valence-electron chi connectivity index (χ2n) is 8.58. The first-order chi connectivity index (χ1) is 14.4. The smallest absolute Gasteiger partial charge is 0.327 e. The van der Waals surface area contributed by atoms with E-state index in [2.05, 4.69) is 0 Å². The summed E-state index contributed by atoms with van der Waals surface area (Å²) in [6, 6.07) is 3.00. The first kappa shape index (κ1) is 20.8. The van der Waals surface area contributed by atoms with Crippen LogP contribution in [0.5, 0.6) is 0 Å². The minimum atomic E-state index is -1.12. The molecule has 0 radical (unpaired) electrons. The van der Waals surface area contributed by atoms with E-state index in [1.54, 1.807) is 21.1 Å². The number of aliphatic carboxylic acids is 1. The maximum Gasteiger partial charge on any atom is 0.327 e. The molecule has 1 saturated carbocycles. The summed E-state index contributed by atoms with van der Waals surface area (Å²) in [5.74, 6) is -1.50. The summed E-state index contributed by atoms with van der Waals surface area (Å²) in [6.45, 7) is 1.21. The molecule has 1 aliphatic carbocycles. The molecule has 2 aliphatic heterocycles. The van der Waals surface area contributed by atoms with Crippen LogP contribution in [-0.2, 0) is 20.8 Å². The van der Waals surface area contributed by atoms with Crippen LogP contribution >= 0.6 is 11.3 Å². The number of urea groups is 1. The molecule has 2 saturated heterocycles. The third-order valence-corrected chi connectivity index (χ3v) is 7.57. The number of rotatable bonds is 7. The van der Waals surface area contributed by atoms with Gasteiger partial charge < -0.3 is 19.7 Å². The Bertz CT molecular complexity index is 834.